The topological polar surface area (TPSA) is 33.1 Å². The Morgan fingerprint density at radius 1 is 1.42 bits per heavy atom. The molecular weight excluding hydrogens is 150 g/mol. The predicted molar refractivity (Wildman–Crippen MR) is 52.5 cm³/mol. The van der Waals surface area contributed by atoms with Gasteiger partial charge in [-0.1, -0.05) is 20.8 Å². The van der Waals surface area contributed by atoms with Crippen LogP contribution in [0.5, 0.6) is 0 Å². The second-order valence-electron chi connectivity index (χ2n) is 4.06. The van der Waals surface area contributed by atoms with Crippen molar-refractivity contribution < 1.29 is 4.74 Å². The Morgan fingerprint density at radius 2 is 1.92 bits per heavy atom. The third kappa shape index (κ3) is 4.16. The van der Waals surface area contributed by atoms with Gasteiger partial charge in [0.05, 0.1) is 6.26 Å². The maximum absolute atomic E-state index is 6.93. The quantitative estimate of drug-likeness (QED) is 0.511. The Bertz CT molecular complexity index is 177. The molecule has 0 bridgehead atoms. The molecule has 1 atom stereocenters. The van der Waals surface area contributed by atoms with Crippen LogP contribution < -0.4 is 0 Å². The molecule has 0 aliphatic carbocycles. The van der Waals surface area contributed by atoms with Gasteiger partial charge in [-0.2, -0.15) is 0 Å². The fraction of sp³-hybridized carbons (Fsp3) is 0.700. The first kappa shape index (κ1) is 11.2. The Morgan fingerprint density at radius 3 is 2.25 bits per heavy atom. The summed E-state index contributed by atoms with van der Waals surface area (Å²) in [6.45, 7) is 10.3. The van der Waals surface area contributed by atoms with E-state index in [1.54, 1.807) is 6.26 Å². The van der Waals surface area contributed by atoms with Crippen LogP contribution in [-0.2, 0) is 4.74 Å². The van der Waals surface area contributed by atoms with E-state index in [1.807, 2.05) is 13.8 Å². The van der Waals surface area contributed by atoms with E-state index in [0.717, 1.165) is 0 Å². The Kier molecular flexibility index (Phi) is 4.01. The summed E-state index contributed by atoms with van der Waals surface area (Å²) in [5.74, 6) is 0. The second-order valence-corrected chi connectivity index (χ2v) is 4.06. The highest BCUT2D eigenvalue weighted by molar-refractivity contribution is 5.58. The van der Waals surface area contributed by atoms with E-state index in [4.69, 9.17) is 10.1 Å². The maximum atomic E-state index is 6.93. The number of allylic oxidation sites excluding steroid dienone is 1. The van der Waals surface area contributed by atoms with E-state index in [-0.39, 0.29) is 11.5 Å². The van der Waals surface area contributed by atoms with Gasteiger partial charge in [-0.15, -0.1) is 0 Å². The minimum Gasteiger partial charge on any atom is -0.493 e. The highest BCUT2D eigenvalue weighted by atomic mass is 16.5. The molecule has 0 fully saturated rings. The first-order valence-electron chi connectivity index (χ1n) is 4.21. The van der Waals surface area contributed by atoms with Crippen LogP contribution in [0, 0.1) is 10.8 Å². The van der Waals surface area contributed by atoms with Crippen LogP contribution in [0.1, 0.15) is 34.6 Å². The SMILES string of the molecule is CC(=COC(C)C=N)C(C)(C)C. The van der Waals surface area contributed by atoms with Crippen LogP contribution in [-0.4, -0.2) is 12.3 Å². The lowest BCUT2D eigenvalue weighted by Crippen LogP contribution is -2.10. The molecule has 0 heterocycles. The van der Waals surface area contributed by atoms with Gasteiger partial charge in [-0.05, 0) is 24.8 Å². The van der Waals surface area contributed by atoms with E-state index >= 15 is 0 Å². The Hall–Kier alpha value is -0.790. The normalized spacial score (nSPS) is 15.6. The van der Waals surface area contributed by atoms with Gasteiger partial charge in [0.15, 0.2) is 0 Å². The van der Waals surface area contributed by atoms with Crippen molar-refractivity contribution in [3.8, 4) is 0 Å². The first-order valence-corrected chi connectivity index (χ1v) is 4.21. The standard InChI is InChI=1S/C10H19NO/c1-8(10(3,4)5)7-12-9(2)6-11/h6-7,9,11H,1-5H3. The molecule has 1 N–H and O–H groups in total. The zero-order valence-corrected chi connectivity index (χ0v) is 8.64. The fourth-order valence-electron chi connectivity index (χ4n) is 0.425. The maximum Gasteiger partial charge on any atom is 0.129 e. The van der Waals surface area contributed by atoms with Crippen LogP contribution in [0.15, 0.2) is 11.8 Å². The van der Waals surface area contributed by atoms with Crippen molar-refractivity contribution in [1.82, 2.24) is 0 Å². The van der Waals surface area contributed by atoms with Gasteiger partial charge in [0.2, 0.25) is 0 Å². The third-order valence-corrected chi connectivity index (χ3v) is 1.88. The Labute approximate surface area is 75.1 Å². The molecule has 0 aromatic carbocycles. The number of ether oxygens (including phenoxy) is 1. The zero-order chi connectivity index (χ0) is 9.78. The van der Waals surface area contributed by atoms with Crippen LogP contribution in [0.4, 0.5) is 0 Å². The van der Waals surface area contributed by atoms with Crippen molar-refractivity contribution >= 4 is 6.21 Å². The molecule has 0 aromatic rings. The molecule has 0 rings (SSSR count). The first-order chi connectivity index (χ1) is 5.38. The molecule has 70 valence electrons. The number of rotatable bonds is 3. The minimum atomic E-state index is -0.123. The molecule has 2 nitrogen and oxygen atoms in total. The number of hydrogen-bond donors (Lipinski definition) is 1. The smallest absolute Gasteiger partial charge is 0.129 e. The molecule has 0 saturated heterocycles. The Balaban J connectivity index is 4.10. The van der Waals surface area contributed by atoms with Gasteiger partial charge in [0.1, 0.15) is 6.10 Å². The molecular formula is C10H19NO. The van der Waals surface area contributed by atoms with E-state index in [1.165, 1.54) is 11.8 Å². The van der Waals surface area contributed by atoms with E-state index < -0.39 is 0 Å². The summed E-state index contributed by atoms with van der Waals surface area (Å²) in [6.07, 6.45) is 2.91. The van der Waals surface area contributed by atoms with Crippen molar-refractivity contribution in [2.75, 3.05) is 0 Å². The number of hydrogen-bond acceptors (Lipinski definition) is 2. The summed E-state index contributed by atoms with van der Waals surface area (Å²) >= 11 is 0. The molecule has 2 heteroatoms. The van der Waals surface area contributed by atoms with Gasteiger partial charge >= 0.3 is 0 Å². The zero-order valence-electron chi connectivity index (χ0n) is 8.64. The van der Waals surface area contributed by atoms with Crippen molar-refractivity contribution in [3.63, 3.8) is 0 Å². The van der Waals surface area contributed by atoms with Crippen LogP contribution in [0.3, 0.4) is 0 Å². The van der Waals surface area contributed by atoms with Crippen LogP contribution in [0.2, 0.25) is 0 Å². The number of nitrogens with one attached hydrogen (secondary N) is 1. The fourth-order valence-corrected chi connectivity index (χ4v) is 0.425. The molecule has 0 aliphatic rings. The second kappa shape index (κ2) is 4.29. The molecule has 0 aliphatic heterocycles. The van der Waals surface area contributed by atoms with Gasteiger partial charge in [0.25, 0.3) is 0 Å². The van der Waals surface area contributed by atoms with Gasteiger partial charge in [-0.25, -0.2) is 0 Å². The lowest BCUT2D eigenvalue weighted by Gasteiger charge is -2.19. The van der Waals surface area contributed by atoms with Crippen molar-refractivity contribution in [2.45, 2.75) is 40.7 Å². The molecule has 12 heavy (non-hydrogen) atoms. The third-order valence-electron chi connectivity index (χ3n) is 1.88. The highest BCUT2D eigenvalue weighted by Crippen LogP contribution is 2.24. The van der Waals surface area contributed by atoms with E-state index in [9.17, 15) is 0 Å². The summed E-state index contributed by atoms with van der Waals surface area (Å²) in [6, 6.07) is 0. The summed E-state index contributed by atoms with van der Waals surface area (Å²) in [4.78, 5) is 0. The monoisotopic (exact) mass is 169 g/mol. The van der Waals surface area contributed by atoms with Crippen LogP contribution in [0.25, 0.3) is 0 Å². The lowest BCUT2D eigenvalue weighted by atomic mass is 9.89. The summed E-state index contributed by atoms with van der Waals surface area (Å²) in [7, 11) is 0. The van der Waals surface area contributed by atoms with E-state index in [0.29, 0.717) is 0 Å². The summed E-state index contributed by atoms with van der Waals surface area (Å²) in [5, 5.41) is 6.93. The minimum absolute atomic E-state index is 0.123. The molecule has 0 aromatic heterocycles. The average Bonchev–Trinajstić information content (AvgIpc) is 1.97. The molecule has 1 unspecified atom stereocenters. The van der Waals surface area contributed by atoms with Gasteiger partial charge in [0, 0.05) is 6.21 Å². The largest absolute Gasteiger partial charge is 0.493 e. The predicted octanol–water partition coefficient (Wildman–Crippen LogP) is 2.99. The lowest BCUT2D eigenvalue weighted by molar-refractivity contribution is 0.215. The molecule has 0 amide bonds. The van der Waals surface area contributed by atoms with Crippen molar-refractivity contribution in [1.29, 1.82) is 5.41 Å². The summed E-state index contributed by atoms with van der Waals surface area (Å²) in [5.41, 5.74) is 1.35. The average molecular weight is 169 g/mol. The van der Waals surface area contributed by atoms with Gasteiger partial charge in [-0.3, -0.25) is 0 Å². The van der Waals surface area contributed by atoms with Crippen molar-refractivity contribution in [3.05, 3.63) is 11.8 Å². The molecule has 0 spiro atoms. The van der Waals surface area contributed by atoms with E-state index in [2.05, 4.69) is 20.8 Å². The van der Waals surface area contributed by atoms with Crippen LogP contribution >= 0.6 is 0 Å². The molecule has 0 saturated carbocycles. The summed E-state index contributed by atoms with van der Waals surface area (Å²) < 4.78 is 5.27. The highest BCUT2D eigenvalue weighted by Gasteiger charge is 2.12. The molecule has 0 radical (unpaired) electrons. The van der Waals surface area contributed by atoms with Crippen molar-refractivity contribution in [2.24, 2.45) is 5.41 Å². The van der Waals surface area contributed by atoms with Gasteiger partial charge < -0.3 is 10.1 Å².